The van der Waals surface area contributed by atoms with Gasteiger partial charge in [0.1, 0.15) is 0 Å². The summed E-state index contributed by atoms with van der Waals surface area (Å²) in [4.78, 5) is 3.67. The topological polar surface area (TPSA) is 37.0 Å². The summed E-state index contributed by atoms with van der Waals surface area (Å²) in [5.41, 5.74) is 4.28. The van der Waals surface area contributed by atoms with Crippen LogP contribution in [0, 0.1) is 5.92 Å². The lowest BCUT2D eigenvalue weighted by Crippen LogP contribution is -2.32. The molecule has 1 aliphatic heterocycles. The number of hydrogen-bond acceptors (Lipinski definition) is 2. The lowest BCUT2D eigenvalue weighted by atomic mass is 9.91. The third-order valence-electron chi connectivity index (χ3n) is 5.11. The molecule has 4 rings (SSSR count). The molecule has 0 spiro atoms. The van der Waals surface area contributed by atoms with E-state index >= 15 is 0 Å². The maximum Gasteiger partial charge on any atom is 0.0476 e. The van der Waals surface area contributed by atoms with Gasteiger partial charge in [-0.25, -0.2) is 0 Å². The van der Waals surface area contributed by atoms with E-state index in [4.69, 9.17) is 4.74 Å². The van der Waals surface area contributed by atoms with Crippen LogP contribution in [0.2, 0.25) is 0 Å². The third kappa shape index (κ3) is 2.60. The first-order valence-electron chi connectivity index (χ1n) is 8.32. The van der Waals surface area contributed by atoms with Gasteiger partial charge in [-0.05, 0) is 56.2 Å². The van der Waals surface area contributed by atoms with E-state index in [0.717, 1.165) is 25.7 Å². The van der Waals surface area contributed by atoms with Gasteiger partial charge in [-0.1, -0.05) is 18.2 Å². The highest BCUT2D eigenvalue weighted by Crippen LogP contribution is 2.34. The maximum atomic E-state index is 5.45. The van der Waals surface area contributed by atoms with Crippen molar-refractivity contribution in [1.82, 2.24) is 10.3 Å². The van der Waals surface area contributed by atoms with Gasteiger partial charge >= 0.3 is 0 Å². The van der Waals surface area contributed by atoms with Crippen LogP contribution in [0.3, 0.4) is 0 Å². The van der Waals surface area contributed by atoms with Gasteiger partial charge < -0.3 is 15.0 Å². The van der Waals surface area contributed by atoms with Gasteiger partial charge in [-0.3, -0.25) is 0 Å². The zero-order valence-electron chi connectivity index (χ0n) is 12.5. The van der Waals surface area contributed by atoms with Gasteiger partial charge in [-0.2, -0.15) is 0 Å². The Hall–Kier alpha value is -1.32. The van der Waals surface area contributed by atoms with Crippen molar-refractivity contribution in [2.45, 2.75) is 38.1 Å². The molecule has 0 bridgehead atoms. The molecule has 0 amide bonds. The third-order valence-corrected chi connectivity index (χ3v) is 5.11. The van der Waals surface area contributed by atoms with Gasteiger partial charge in [0.2, 0.25) is 0 Å². The van der Waals surface area contributed by atoms with E-state index in [0.29, 0.717) is 6.04 Å². The summed E-state index contributed by atoms with van der Waals surface area (Å²) in [6, 6.07) is 9.22. The molecule has 2 N–H and O–H groups in total. The van der Waals surface area contributed by atoms with E-state index in [-0.39, 0.29) is 0 Å². The van der Waals surface area contributed by atoms with Crippen molar-refractivity contribution in [3.63, 3.8) is 0 Å². The fraction of sp³-hybridized carbons (Fsp3) is 0.556. The van der Waals surface area contributed by atoms with Crippen molar-refractivity contribution >= 4 is 10.9 Å². The van der Waals surface area contributed by atoms with Crippen molar-refractivity contribution in [3.05, 3.63) is 35.5 Å². The molecule has 2 aliphatic rings. The van der Waals surface area contributed by atoms with E-state index in [2.05, 4.69) is 34.6 Å². The first kappa shape index (κ1) is 13.4. The Bertz CT molecular complexity index is 613. The molecule has 1 aromatic heterocycles. The van der Waals surface area contributed by atoms with Crippen LogP contribution in [-0.2, 0) is 11.2 Å². The number of aromatic amines is 1. The standard InChI is InChI=1S/C18H24N2O/c1-2-6-16-14(4-1)15-5-3-7-17(18(15)20-16)19-12-13-8-10-21-11-9-13/h1-2,4,6,13,17,19-20H,3,5,7-12H2. The van der Waals surface area contributed by atoms with Gasteiger partial charge in [0.25, 0.3) is 0 Å². The molecule has 1 aliphatic carbocycles. The zero-order chi connectivity index (χ0) is 14.1. The van der Waals surface area contributed by atoms with Crippen LogP contribution < -0.4 is 5.32 Å². The van der Waals surface area contributed by atoms with E-state index < -0.39 is 0 Å². The molecule has 3 nitrogen and oxygen atoms in total. The number of H-pyrrole nitrogens is 1. The van der Waals surface area contributed by atoms with Crippen molar-refractivity contribution in [3.8, 4) is 0 Å². The second kappa shape index (κ2) is 5.82. The number of nitrogens with one attached hydrogen (secondary N) is 2. The molecular weight excluding hydrogens is 260 g/mol. The van der Waals surface area contributed by atoms with Crippen LogP contribution in [0.25, 0.3) is 10.9 Å². The zero-order valence-corrected chi connectivity index (χ0v) is 12.5. The van der Waals surface area contributed by atoms with Crippen LogP contribution >= 0.6 is 0 Å². The van der Waals surface area contributed by atoms with Gasteiger partial charge in [0.15, 0.2) is 0 Å². The van der Waals surface area contributed by atoms with Gasteiger partial charge in [0.05, 0.1) is 0 Å². The Morgan fingerprint density at radius 2 is 2.00 bits per heavy atom. The second-order valence-corrected chi connectivity index (χ2v) is 6.47. The lowest BCUT2D eigenvalue weighted by molar-refractivity contribution is 0.0652. The number of rotatable bonds is 3. The van der Waals surface area contributed by atoms with Crippen LogP contribution in [0.5, 0.6) is 0 Å². The highest BCUT2D eigenvalue weighted by molar-refractivity contribution is 5.85. The predicted molar refractivity (Wildman–Crippen MR) is 85.5 cm³/mol. The maximum absolute atomic E-state index is 5.45. The molecule has 2 heterocycles. The number of para-hydroxylation sites is 1. The number of fused-ring (bicyclic) bond motifs is 3. The van der Waals surface area contributed by atoms with Crippen LogP contribution in [0.4, 0.5) is 0 Å². The predicted octanol–water partition coefficient (Wildman–Crippen LogP) is 3.56. The summed E-state index contributed by atoms with van der Waals surface area (Å²) in [5.74, 6) is 0.786. The Morgan fingerprint density at radius 1 is 1.14 bits per heavy atom. The SMILES string of the molecule is c1ccc2c3c([nH]c2c1)C(NCC1CCOCC1)CCC3. The molecule has 2 aromatic rings. The quantitative estimate of drug-likeness (QED) is 0.904. The Balaban J connectivity index is 1.52. The largest absolute Gasteiger partial charge is 0.381 e. The molecule has 1 aromatic carbocycles. The van der Waals surface area contributed by atoms with Gasteiger partial charge in [-0.15, -0.1) is 0 Å². The molecule has 3 heteroatoms. The van der Waals surface area contributed by atoms with Crippen molar-refractivity contribution < 1.29 is 4.74 Å². The fourth-order valence-corrected chi connectivity index (χ4v) is 3.88. The monoisotopic (exact) mass is 284 g/mol. The fourth-order valence-electron chi connectivity index (χ4n) is 3.88. The number of aryl methyl sites for hydroxylation is 1. The molecule has 112 valence electrons. The smallest absolute Gasteiger partial charge is 0.0476 e. The molecule has 0 saturated carbocycles. The van der Waals surface area contributed by atoms with Crippen LogP contribution in [0.15, 0.2) is 24.3 Å². The molecule has 1 atom stereocenters. The first-order chi connectivity index (χ1) is 10.4. The highest BCUT2D eigenvalue weighted by Gasteiger charge is 2.24. The highest BCUT2D eigenvalue weighted by atomic mass is 16.5. The number of hydrogen-bond donors (Lipinski definition) is 2. The van der Waals surface area contributed by atoms with Gasteiger partial charge in [0, 0.05) is 35.9 Å². The molecule has 0 radical (unpaired) electrons. The summed E-state index contributed by atoms with van der Waals surface area (Å²) >= 11 is 0. The summed E-state index contributed by atoms with van der Waals surface area (Å²) < 4.78 is 5.45. The van der Waals surface area contributed by atoms with Crippen molar-refractivity contribution in [2.24, 2.45) is 5.92 Å². The Labute approximate surface area is 126 Å². The van der Waals surface area contributed by atoms with Crippen molar-refractivity contribution in [2.75, 3.05) is 19.8 Å². The summed E-state index contributed by atoms with van der Waals surface area (Å²) in [7, 11) is 0. The number of aromatic nitrogens is 1. The van der Waals surface area contributed by atoms with Crippen molar-refractivity contribution in [1.29, 1.82) is 0 Å². The molecule has 1 fully saturated rings. The van der Waals surface area contributed by atoms with Crippen LogP contribution in [-0.4, -0.2) is 24.7 Å². The summed E-state index contributed by atoms with van der Waals surface area (Å²) in [5, 5.41) is 5.24. The van der Waals surface area contributed by atoms with E-state index in [9.17, 15) is 0 Å². The Morgan fingerprint density at radius 3 is 2.90 bits per heavy atom. The molecular formula is C18H24N2O. The first-order valence-corrected chi connectivity index (χ1v) is 8.32. The minimum atomic E-state index is 0.504. The lowest BCUT2D eigenvalue weighted by Gasteiger charge is -2.28. The second-order valence-electron chi connectivity index (χ2n) is 6.47. The molecule has 1 saturated heterocycles. The van der Waals surface area contributed by atoms with E-state index in [1.807, 2.05) is 0 Å². The van der Waals surface area contributed by atoms with Crippen LogP contribution in [0.1, 0.15) is 43.0 Å². The number of benzene rings is 1. The van der Waals surface area contributed by atoms with E-state index in [1.165, 1.54) is 48.7 Å². The van der Waals surface area contributed by atoms with E-state index in [1.54, 1.807) is 5.56 Å². The average Bonchev–Trinajstić information content (AvgIpc) is 2.93. The Kier molecular flexibility index (Phi) is 3.70. The molecule has 21 heavy (non-hydrogen) atoms. The normalized spacial score (nSPS) is 23.3. The average molecular weight is 284 g/mol. The summed E-state index contributed by atoms with van der Waals surface area (Å²) in [6.07, 6.45) is 6.18. The minimum absolute atomic E-state index is 0.504. The molecule has 1 unspecified atom stereocenters. The number of ether oxygens (including phenoxy) is 1. The summed E-state index contributed by atoms with van der Waals surface area (Å²) in [6.45, 7) is 3.01. The minimum Gasteiger partial charge on any atom is -0.381 e.